The molecule has 2 rings (SSSR count). The first-order chi connectivity index (χ1) is 11.3. The van der Waals surface area contributed by atoms with Gasteiger partial charge < -0.3 is 15.0 Å². The lowest BCUT2D eigenvalue weighted by molar-refractivity contribution is 0.00848. The van der Waals surface area contributed by atoms with Crippen LogP contribution in [0.1, 0.15) is 31.2 Å². The van der Waals surface area contributed by atoms with Crippen molar-refractivity contribution < 1.29 is 17.9 Å². The third-order valence-corrected chi connectivity index (χ3v) is 5.40. The molecule has 1 fully saturated rings. The number of anilines is 1. The standard InChI is InChI=1S/C17H26N2O4S/c1-13-7-8-15(24(3,21)22)12-16(13)18-17(20)19(2)10-9-14-6-4-5-11-23-14/h7-8,12,14H,4-6,9-11H2,1-3H3,(H,18,20)/t14-/m0/s1. The molecule has 2 amide bonds. The minimum atomic E-state index is -3.30. The maximum atomic E-state index is 12.3. The normalized spacial score (nSPS) is 18.2. The van der Waals surface area contributed by atoms with Gasteiger partial charge in [-0.3, -0.25) is 0 Å². The van der Waals surface area contributed by atoms with E-state index in [1.165, 1.54) is 12.5 Å². The zero-order valence-corrected chi connectivity index (χ0v) is 15.4. The molecular weight excluding hydrogens is 328 g/mol. The lowest BCUT2D eigenvalue weighted by Crippen LogP contribution is -2.34. The highest BCUT2D eigenvalue weighted by Crippen LogP contribution is 2.21. The van der Waals surface area contributed by atoms with Crippen molar-refractivity contribution in [2.45, 2.75) is 43.6 Å². The summed E-state index contributed by atoms with van der Waals surface area (Å²) in [5, 5.41) is 2.79. The van der Waals surface area contributed by atoms with Crippen LogP contribution in [0.4, 0.5) is 10.5 Å². The summed E-state index contributed by atoms with van der Waals surface area (Å²) in [5.41, 5.74) is 1.34. The third-order valence-electron chi connectivity index (χ3n) is 4.29. The van der Waals surface area contributed by atoms with Crippen molar-refractivity contribution in [3.05, 3.63) is 23.8 Å². The molecule has 7 heteroatoms. The number of nitrogens with zero attached hydrogens (tertiary/aromatic N) is 1. The molecule has 1 aliphatic rings. The number of nitrogens with one attached hydrogen (secondary N) is 1. The zero-order chi connectivity index (χ0) is 17.7. The van der Waals surface area contributed by atoms with E-state index in [1.807, 2.05) is 6.92 Å². The van der Waals surface area contributed by atoms with Crippen LogP contribution in [-0.2, 0) is 14.6 Å². The molecule has 1 aliphatic heterocycles. The Bertz CT molecular complexity index is 682. The van der Waals surface area contributed by atoms with Crippen LogP contribution in [0, 0.1) is 6.92 Å². The van der Waals surface area contributed by atoms with Gasteiger partial charge in [-0.05, 0) is 50.3 Å². The minimum Gasteiger partial charge on any atom is -0.378 e. The van der Waals surface area contributed by atoms with Gasteiger partial charge in [-0.1, -0.05) is 6.07 Å². The van der Waals surface area contributed by atoms with Gasteiger partial charge >= 0.3 is 6.03 Å². The Kier molecular flexibility index (Phi) is 6.23. The van der Waals surface area contributed by atoms with Crippen LogP contribution < -0.4 is 5.32 Å². The number of ether oxygens (including phenoxy) is 1. The molecule has 0 aliphatic carbocycles. The van der Waals surface area contributed by atoms with E-state index in [4.69, 9.17) is 4.74 Å². The highest BCUT2D eigenvalue weighted by Gasteiger charge is 2.17. The van der Waals surface area contributed by atoms with Crippen LogP contribution in [0.25, 0.3) is 0 Å². The first-order valence-corrected chi connectivity index (χ1v) is 10.1. The molecule has 1 heterocycles. The van der Waals surface area contributed by atoms with Crippen molar-refractivity contribution in [1.82, 2.24) is 4.90 Å². The number of urea groups is 1. The van der Waals surface area contributed by atoms with Crippen LogP contribution in [-0.4, -0.2) is 51.9 Å². The number of hydrogen-bond donors (Lipinski definition) is 1. The number of hydrogen-bond acceptors (Lipinski definition) is 4. The average Bonchev–Trinajstić information content (AvgIpc) is 2.54. The Labute approximate surface area is 144 Å². The zero-order valence-electron chi connectivity index (χ0n) is 14.5. The maximum Gasteiger partial charge on any atom is 0.321 e. The van der Waals surface area contributed by atoms with Crippen molar-refractivity contribution in [1.29, 1.82) is 0 Å². The molecule has 1 N–H and O–H groups in total. The molecule has 134 valence electrons. The summed E-state index contributed by atoms with van der Waals surface area (Å²) in [5.74, 6) is 0. The van der Waals surface area contributed by atoms with E-state index in [1.54, 1.807) is 24.1 Å². The Hall–Kier alpha value is -1.60. The number of benzene rings is 1. The van der Waals surface area contributed by atoms with Crippen molar-refractivity contribution in [2.75, 3.05) is 31.8 Å². The lowest BCUT2D eigenvalue weighted by atomic mass is 10.1. The summed E-state index contributed by atoms with van der Waals surface area (Å²) in [6, 6.07) is 4.49. The third kappa shape index (κ3) is 5.21. The second-order valence-electron chi connectivity index (χ2n) is 6.38. The Balaban J connectivity index is 1.95. The molecule has 24 heavy (non-hydrogen) atoms. The minimum absolute atomic E-state index is 0.196. The number of carbonyl (C=O) groups is 1. The van der Waals surface area contributed by atoms with Gasteiger partial charge in [0.2, 0.25) is 0 Å². The van der Waals surface area contributed by atoms with Gasteiger partial charge in [0.15, 0.2) is 9.84 Å². The summed E-state index contributed by atoms with van der Waals surface area (Å²) >= 11 is 0. The maximum absolute atomic E-state index is 12.3. The van der Waals surface area contributed by atoms with Crippen LogP contribution in [0.15, 0.2) is 23.1 Å². The number of aryl methyl sites for hydroxylation is 1. The van der Waals surface area contributed by atoms with Gasteiger partial charge in [0.05, 0.1) is 11.0 Å². The fourth-order valence-corrected chi connectivity index (χ4v) is 3.30. The average molecular weight is 354 g/mol. The van der Waals surface area contributed by atoms with Crippen molar-refractivity contribution in [2.24, 2.45) is 0 Å². The van der Waals surface area contributed by atoms with Crippen LogP contribution >= 0.6 is 0 Å². The van der Waals surface area contributed by atoms with E-state index >= 15 is 0 Å². The topological polar surface area (TPSA) is 75.7 Å². The molecule has 0 bridgehead atoms. The Morgan fingerprint density at radius 2 is 2.12 bits per heavy atom. The monoisotopic (exact) mass is 354 g/mol. The first-order valence-electron chi connectivity index (χ1n) is 8.22. The largest absolute Gasteiger partial charge is 0.378 e. The smallest absolute Gasteiger partial charge is 0.321 e. The number of carbonyl (C=O) groups excluding carboxylic acids is 1. The summed E-state index contributed by atoms with van der Waals surface area (Å²) in [7, 11) is -1.57. The Morgan fingerprint density at radius 3 is 2.75 bits per heavy atom. The van der Waals surface area contributed by atoms with Gasteiger partial charge in [-0.25, -0.2) is 13.2 Å². The quantitative estimate of drug-likeness (QED) is 0.882. The second-order valence-corrected chi connectivity index (χ2v) is 8.39. The molecule has 1 atom stereocenters. The van der Waals surface area contributed by atoms with Gasteiger partial charge in [-0.15, -0.1) is 0 Å². The van der Waals surface area contributed by atoms with Crippen LogP contribution in [0.2, 0.25) is 0 Å². The SMILES string of the molecule is Cc1ccc(S(C)(=O)=O)cc1NC(=O)N(C)CC[C@@H]1CCCCO1. The summed E-state index contributed by atoms with van der Waals surface area (Å²) in [6.07, 6.45) is 5.53. The summed E-state index contributed by atoms with van der Waals surface area (Å²) in [4.78, 5) is 14.1. The molecule has 6 nitrogen and oxygen atoms in total. The van der Waals surface area contributed by atoms with E-state index in [0.29, 0.717) is 12.2 Å². The lowest BCUT2D eigenvalue weighted by Gasteiger charge is -2.25. The second kappa shape index (κ2) is 7.98. The van der Waals surface area contributed by atoms with Crippen molar-refractivity contribution in [3.63, 3.8) is 0 Å². The number of sulfone groups is 1. The predicted octanol–water partition coefficient (Wildman–Crippen LogP) is 2.82. The van der Waals surface area contributed by atoms with E-state index in [9.17, 15) is 13.2 Å². The molecule has 0 unspecified atom stereocenters. The molecule has 1 aromatic carbocycles. The van der Waals surface area contributed by atoms with Crippen LogP contribution in [0.3, 0.4) is 0 Å². The van der Waals surface area contributed by atoms with E-state index < -0.39 is 9.84 Å². The first kappa shape index (κ1) is 18.7. The fourth-order valence-electron chi connectivity index (χ4n) is 2.65. The van der Waals surface area contributed by atoms with Gasteiger partial charge in [0.1, 0.15) is 0 Å². The highest BCUT2D eigenvalue weighted by molar-refractivity contribution is 7.90. The van der Waals surface area contributed by atoms with Gasteiger partial charge in [0, 0.05) is 32.1 Å². The predicted molar refractivity (Wildman–Crippen MR) is 94.1 cm³/mol. The molecule has 0 radical (unpaired) electrons. The highest BCUT2D eigenvalue weighted by atomic mass is 32.2. The summed E-state index contributed by atoms with van der Waals surface area (Å²) in [6.45, 7) is 3.23. The fraction of sp³-hybridized carbons (Fsp3) is 0.588. The van der Waals surface area contributed by atoms with Crippen LogP contribution in [0.5, 0.6) is 0 Å². The van der Waals surface area contributed by atoms with E-state index in [-0.39, 0.29) is 17.0 Å². The van der Waals surface area contributed by atoms with Crippen molar-refractivity contribution in [3.8, 4) is 0 Å². The summed E-state index contributed by atoms with van der Waals surface area (Å²) < 4.78 is 29.0. The molecular formula is C17H26N2O4S. The molecule has 1 saturated heterocycles. The number of rotatable bonds is 5. The molecule has 1 aromatic rings. The molecule has 0 spiro atoms. The van der Waals surface area contributed by atoms with E-state index in [0.717, 1.165) is 37.7 Å². The molecule has 0 aromatic heterocycles. The van der Waals surface area contributed by atoms with Gasteiger partial charge in [-0.2, -0.15) is 0 Å². The van der Waals surface area contributed by atoms with E-state index in [2.05, 4.69) is 5.32 Å². The Morgan fingerprint density at radius 1 is 1.38 bits per heavy atom. The van der Waals surface area contributed by atoms with Crippen molar-refractivity contribution >= 4 is 21.6 Å². The van der Waals surface area contributed by atoms with Gasteiger partial charge in [0.25, 0.3) is 0 Å². The number of amides is 2. The molecule has 0 saturated carbocycles.